The van der Waals surface area contributed by atoms with Crippen molar-refractivity contribution in [2.75, 3.05) is 4.72 Å². The highest BCUT2D eigenvalue weighted by atomic mass is 32.2. The van der Waals surface area contributed by atoms with Crippen molar-refractivity contribution in [3.63, 3.8) is 0 Å². The molecule has 6 nitrogen and oxygen atoms in total. The van der Waals surface area contributed by atoms with Crippen molar-refractivity contribution in [2.45, 2.75) is 18.1 Å². The van der Waals surface area contributed by atoms with Gasteiger partial charge in [-0.1, -0.05) is 0 Å². The Labute approximate surface area is 143 Å². The van der Waals surface area contributed by atoms with Crippen LogP contribution in [0.3, 0.4) is 0 Å². The number of rotatable bonds is 5. The predicted octanol–water partition coefficient (Wildman–Crippen LogP) is 2.84. The third-order valence-electron chi connectivity index (χ3n) is 4.13. The Hall–Kier alpha value is -2.74. The van der Waals surface area contributed by atoms with Gasteiger partial charge in [-0.2, -0.15) is 0 Å². The summed E-state index contributed by atoms with van der Waals surface area (Å²) in [5, 5.41) is 0.173. The molecular formula is C17H14FN3O3S. The summed E-state index contributed by atoms with van der Waals surface area (Å²) >= 11 is 0. The molecule has 25 heavy (non-hydrogen) atoms. The number of hydrogen-bond donors (Lipinski definition) is 2. The number of pyridine rings is 1. The summed E-state index contributed by atoms with van der Waals surface area (Å²) in [5.41, 5.74) is 0.788. The number of nitrogens with one attached hydrogen (secondary N) is 2. The van der Waals surface area contributed by atoms with E-state index in [-0.39, 0.29) is 16.8 Å². The molecule has 0 spiro atoms. The topological polar surface area (TPSA) is 91.9 Å². The summed E-state index contributed by atoms with van der Waals surface area (Å²) in [5.74, 6) is -1.25. The molecule has 0 unspecified atom stereocenters. The van der Waals surface area contributed by atoms with Gasteiger partial charge in [0.1, 0.15) is 11.5 Å². The molecule has 2 heterocycles. The third-order valence-corrected chi connectivity index (χ3v) is 6.00. The first-order chi connectivity index (χ1) is 12.0. The second-order valence-electron chi connectivity index (χ2n) is 5.97. The van der Waals surface area contributed by atoms with Gasteiger partial charge in [-0.3, -0.25) is 9.52 Å². The first kappa shape index (κ1) is 15.8. The number of aromatic amines is 1. The van der Waals surface area contributed by atoms with E-state index in [1.54, 1.807) is 18.3 Å². The van der Waals surface area contributed by atoms with Crippen molar-refractivity contribution in [3.8, 4) is 0 Å². The van der Waals surface area contributed by atoms with Gasteiger partial charge in [-0.05, 0) is 43.2 Å². The lowest BCUT2D eigenvalue weighted by Crippen LogP contribution is -2.17. The van der Waals surface area contributed by atoms with E-state index in [1.165, 1.54) is 18.3 Å². The molecule has 8 heteroatoms. The number of sulfonamides is 1. The number of fused-ring (bicyclic) bond motifs is 1. The number of benzene rings is 1. The SMILES string of the molecule is O=C(c1cc(NS(=O)(=O)C2CC2)ccc1F)c1c[nH]c2ncccc12. The van der Waals surface area contributed by atoms with Gasteiger partial charge in [0.25, 0.3) is 0 Å². The Morgan fingerprint density at radius 3 is 2.80 bits per heavy atom. The molecule has 0 amide bonds. The summed E-state index contributed by atoms with van der Waals surface area (Å²) in [7, 11) is -3.48. The second kappa shape index (κ2) is 5.66. The van der Waals surface area contributed by atoms with Gasteiger partial charge in [-0.25, -0.2) is 17.8 Å². The van der Waals surface area contributed by atoms with E-state index in [4.69, 9.17) is 0 Å². The van der Waals surface area contributed by atoms with Crippen LogP contribution in [0.2, 0.25) is 0 Å². The average Bonchev–Trinajstić information content (AvgIpc) is 3.37. The van der Waals surface area contributed by atoms with Crippen LogP contribution in [0.25, 0.3) is 11.0 Å². The fourth-order valence-electron chi connectivity index (χ4n) is 2.68. The number of hydrogen-bond acceptors (Lipinski definition) is 4. The van der Waals surface area contributed by atoms with E-state index in [0.717, 1.165) is 6.07 Å². The Morgan fingerprint density at radius 2 is 2.04 bits per heavy atom. The van der Waals surface area contributed by atoms with E-state index in [1.807, 2.05) is 0 Å². The van der Waals surface area contributed by atoms with Crippen molar-refractivity contribution >= 4 is 32.5 Å². The quantitative estimate of drug-likeness (QED) is 0.685. The van der Waals surface area contributed by atoms with Gasteiger partial charge >= 0.3 is 0 Å². The zero-order chi connectivity index (χ0) is 17.6. The van der Waals surface area contributed by atoms with Crippen LogP contribution in [0.4, 0.5) is 10.1 Å². The van der Waals surface area contributed by atoms with Crippen molar-refractivity contribution < 1.29 is 17.6 Å². The molecule has 1 aliphatic rings. The number of H-pyrrole nitrogens is 1. The Morgan fingerprint density at radius 1 is 1.24 bits per heavy atom. The molecule has 0 radical (unpaired) electrons. The number of aromatic nitrogens is 2. The largest absolute Gasteiger partial charge is 0.345 e. The Kier molecular flexibility index (Phi) is 3.57. The highest BCUT2D eigenvalue weighted by Crippen LogP contribution is 2.30. The molecule has 1 aliphatic carbocycles. The monoisotopic (exact) mass is 359 g/mol. The second-order valence-corrected chi connectivity index (χ2v) is 7.93. The van der Waals surface area contributed by atoms with E-state index >= 15 is 0 Å². The van der Waals surface area contributed by atoms with Gasteiger partial charge in [0.15, 0.2) is 5.78 Å². The third kappa shape index (κ3) is 2.89. The minimum absolute atomic E-state index is 0.176. The van der Waals surface area contributed by atoms with Crippen molar-refractivity contribution in [3.05, 3.63) is 59.7 Å². The van der Waals surface area contributed by atoms with E-state index < -0.39 is 26.9 Å². The molecule has 0 bridgehead atoms. The predicted molar refractivity (Wildman–Crippen MR) is 91.5 cm³/mol. The summed E-state index contributed by atoms with van der Waals surface area (Å²) in [6.45, 7) is 0. The lowest BCUT2D eigenvalue weighted by molar-refractivity contribution is 0.103. The zero-order valence-electron chi connectivity index (χ0n) is 13.0. The average molecular weight is 359 g/mol. The van der Waals surface area contributed by atoms with Crippen LogP contribution in [0.1, 0.15) is 28.8 Å². The standard InChI is InChI=1S/C17H14FN3O3S/c18-15-6-3-10(21-25(23,24)11-4-5-11)8-13(15)16(22)14-9-20-17-12(14)2-1-7-19-17/h1-3,6-9,11,21H,4-5H2,(H,19,20). The fraction of sp³-hybridized carbons (Fsp3) is 0.176. The Balaban J connectivity index is 1.72. The fourth-order valence-corrected chi connectivity index (χ4v) is 4.06. The first-order valence-corrected chi connectivity index (χ1v) is 9.28. The molecule has 3 aromatic rings. The number of carbonyl (C=O) groups is 1. The van der Waals surface area contributed by atoms with Gasteiger partial charge in [-0.15, -0.1) is 0 Å². The maximum absolute atomic E-state index is 14.2. The lowest BCUT2D eigenvalue weighted by atomic mass is 10.0. The number of anilines is 1. The Bertz CT molecular complexity index is 1090. The molecule has 1 saturated carbocycles. The van der Waals surface area contributed by atoms with E-state index in [0.29, 0.717) is 23.9 Å². The van der Waals surface area contributed by atoms with Crippen LogP contribution in [-0.4, -0.2) is 29.4 Å². The minimum Gasteiger partial charge on any atom is -0.345 e. The van der Waals surface area contributed by atoms with E-state index in [9.17, 15) is 17.6 Å². The van der Waals surface area contributed by atoms with E-state index in [2.05, 4.69) is 14.7 Å². The molecule has 4 rings (SSSR count). The van der Waals surface area contributed by atoms with Gasteiger partial charge in [0.2, 0.25) is 10.0 Å². The molecule has 0 saturated heterocycles. The lowest BCUT2D eigenvalue weighted by Gasteiger charge is -2.09. The van der Waals surface area contributed by atoms with Crippen LogP contribution >= 0.6 is 0 Å². The molecule has 2 aromatic heterocycles. The zero-order valence-corrected chi connectivity index (χ0v) is 13.8. The van der Waals surface area contributed by atoms with Gasteiger partial charge < -0.3 is 4.98 Å². The molecule has 0 aliphatic heterocycles. The number of halogens is 1. The highest BCUT2D eigenvalue weighted by Gasteiger charge is 2.35. The van der Waals surface area contributed by atoms with Crippen LogP contribution in [-0.2, 0) is 10.0 Å². The molecule has 128 valence electrons. The van der Waals surface area contributed by atoms with Crippen LogP contribution < -0.4 is 4.72 Å². The van der Waals surface area contributed by atoms with Gasteiger partial charge in [0, 0.05) is 29.0 Å². The summed E-state index contributed by atoms with van der Waals surface area (Å²) in [4.78, 5) is 19.7. The van der Waals surface area contributed by atoms with Crippen molar-refractivity contribution in [1.82, 2.24) is 9.97 Å². The highest BCUT2D eigenvalue weighted by molar-refractivity contribution is 7.93. The van der Waals surface area contributed by atoms with Gasteiger partial charge in [0.05, 0.1) is 10.8 Å². The maximum atomic E-state index is 14.2. The molecule has 2 N–H and O–H groups in total. The minimum atomic E-state index is -3.48. The first-order valence-electron chi connectivity index (χ1n) is 7.74. The smallest absolute Gasteiger partial charge is 0.235 e. The molecule has 0 atom stereocenters. The van der Waals surface area contributed by atoms with Crippen molar-refractivity contribution in [2.24, 2.45) is 0 Å². The number of ketones is 1. The number of carbonyl (C=O) groups excluding carboxylic acids is 1. The molecule has 1 fully saturated rings. The summed E-state index contributed by atoms with van der Waals surface area (Å²) in [6, 6.07) is 7.02. The van der Waals surface area contributed by atoms with Crippen LogP contribution in [0.5, 0.6) is 0 Å². The maximum Gasteiger partial charge on any atom is 0.235 e. The molecular weight excluding hydrogens is 345 g/mol. The van der Waals surface area contributed by atoms with Crippen LogP contribution in [0.15, 0.2) is 42.7 Å². The normalized spacial score (nSPS) is 14.6. The number of nitrogens with zero attached hydrogens (tertiary/aromatic N) is 1. The summed E-state index contributed by atoms with van der Waals surface area (Å²) < 4.78 is 40.7. The van der Waals surface area contributed by atoms with Crippen molar-refractivity contribution in [1.29, 1.82) is 0 Å². The van der Waals surface area contributed by atoms with Crippen LogP contribution in [0, 0.1) is 5.82 Å². The molecule has 1 aromatic carbocycles. The summed E-state index contributed by atoms with van der Waals surface area (Å²) in [6.07, 6.45) is 4.29.